The predicted octanol–water partition coefficient (Wildman–Crippen LogP) is 0.437. The average Bonchev–Trinajstić information content (AvgIpc) is 1.90. The van der Waals surface area contributed by atoms with Gasteiger partial charge in [-0.15, -0.1) is 0 Å². The molecule has 0 aromatic heterocycles. The lowest BCUT2D eigenvalue weighted by Gasteiger charge is -1.86. The molecule has 38 valence electrons. The van der Waals surface area contributed by atoms with Crippen LogP contribution in [0.25, 0.3) is 0 Å². The minimum Gasteiger partial charge on any atom is -0.366 e. The number of aliphatic imine (C=N–C) groups is 1. The Kier molecular flexibility index (Phi) is 1.72. The highest BCUT2D eigenvalue weighted by molar-refractivity contribution is 5.55. The third-order valence-corrected chi connectivity index (χ3v) is 0.847. The largest absolute Gasteiger partial charge is 0.366 e. The molecule has 2 radical (unpaired) electrons. The normalized spacial score (nSPS) is 20.6. The molecule has 0 saturated carbocycles. The van der Waals surface area contributed by atoms with Crippen LogP contribution in [0, 0.1) is 6.54 Å². The molecule has 0 aliphatic carbocycles. The molecule has 1 heterocycles. The van der Waals surface area contributed by atoms with Gasteiger partial charge < -0.3 is 5.32 Å². The van der Waals surface area contributed by atoms with Gasteiger partial charge in [0.15, 0.2) is 0 Å². The van der Waals surface area contributed by atoms with Gasteiger partial charge in [0.1, 0.15) is 0 Å². The second kappa shape index (κ2) is 2.61. The summed E-state index contributed by atoms with van der Waals surface area (Å²) in [6.07, 6.45) is 3.83. The molecule has 1 aliphatic heterocycles. The molecule has 0 aromatic rings. The highest BCUT2D eigenvalue weighted by Gasteiger charge is 1.89. The summed E-state index contributed by atoms with van der Waals surface area (Å²) in [4.78, 5) is 3.97. The second-order valence-electron chi connectivity index (χ2n) is 1.46. The van der Waals surface area contributed by atoms with E-state index in [4.69, 9.17) is 0 Å². The molecule has 0 amide bonds. The lowest BCUT2D eigenvalue weighted by Crippen LogP contribution is -2.03. The van der Waals surface area contributed by atoms with Crippen LogP contribution in [-0.4, -0.2) is 12.9 Å². The first-order valence-electron chi connectivity index (χ1n) is 2.47. The summed E-state index contributed by atoms with van der Waals surface area (Å²) < 4.78 is 0. The van der Waals surface area contributed by atoms with Crippen molar-refractivity contribution in [3.8, 4) is 0 Å². The maximum atomic E-state index is 3.97. The molecule has 1 rings (SSSR count). The van der Waals surface area contributed by atoms with Gasteiger partial charge in [-0.3, -0.25) is 4.99 Å². The van der Waals surface area contributed by atoms with Crippen molar-refractivity contribution in [2.75, 3.05) is 6.54 Å². The van der Waals surface area contributed by atoms with Crippen LogP contribution < -0.4 is 5.32 Å². The monoisotopic (exact) mass is 96.1 g/mol. The number of rotatable bonds is 0. The van der Waals surface area contributed by atoms with Gasteiger partial charge in [-0.2, -0.15) is 0 Å². The second-order valence-corrected chi connectivity index (χ2v) is 1.46. The fourth-order valence-electron chi connectivity index (χ4n) is 0.487. The van der Waals surface area contributed by atoms with Crippen molar-refractivity contribution < 1.29 is 0 Å². The Morgan fingerprint density at radius 3 is 3.71 bits per heavy atom. The lowest BCUT2D eigenvalue weighted by atomic mass is 10.3. The van der Waals surface area contributed by atoms with E-state index in [1.807, 2.05) is 0 Å². The zero-order chi connectivity index (χ0) is 4.95. The first-order valence-corrected chi connectivity index (χ1v) is 2.47. The van der Waals surface area contributed by atoms with Gasteiger partial charge in [-0.25, -0.2) is 0 Å². The molecule has 0 unspecified atom stereocenters. The summed E-state index contributed by atoms with van der Waals surface area (Å²) in [6, 6.07) is 0. The molecule has 0 fully saturated rings. The van der Waals surface area contributed by atoms with E-state index in [1.165, 1.54) is 0 Å². The van der Waals surface area contributed by atoms with Crippen LogP contribution in [0.1, 0.15) is 12.8 Å². The van der Waals surface area contributed by atoms with Crippen LogP contribution in [-0.2, 0) is 0 Å². The summed E-state index contributed by atoms with van der Waals surface area (Å²) in [5.74, 6) is 0. The minimum atomic E-state index is 0.944. The van der Waals surface area contributed by atoms with Crippen LogP contribution in [0.4, 0.5) is 0 Å². The van der Waals surface area contributed by atoms with Crippen LogP contribution in [0.2, 0.25) is 0 Å². The number of nitrogens with one attached hydrogen (secondary N) is 1. The van der Waals surface area contributed by atoms with Crippen molar-refractivity contribution in [2.45, 2.75) is 12.8 Å². The molecule has 2 nitrogen and oxygen atoms in total. The van der Waals surface area contributed by atoms with Crippen molar-refractivity contribution in [3.05, 3.63) is 6.54 Å². The summed E-state index contributed by atoms with van der Waals surface area (Å²) >= 11 is 0. The minimum absolute atomic E-state index is 0.944. The van der Waals surface area contributed by atoms with Crippen molar-refractivity contribution >= 4 is 6.34 Å². The van der Waals surface area contributed by atoms with E-state index in [2.05, 4.69) is 16.9 Å². The molecule has 2 heteroatoms. The van der Waals surface area contributed by atoms with Gasteiger partial charge in [-0.1, -0.05) is 0 Å². The third kappa shape index (κ3) is 1.57. The van der Waals surface area contributed by atoms with Gasteiger partial charge in [-0.05, 0) is 12.8 Å². The number of hydrogen-bond donors (Lipinski definition) is 1. The van der Waals surface area contributed by atoms with E-state index >= 15 is 0 Å². The van der Waals surface area contributed by atoms with E-state index in [0.717, 1.165) is 19.4 Å². The summed E-state index contributed by atoms with van der Waals surface area (Å²) in [7, 11) is 0. The Balaban J connectivity index is 2.20. The van der Waals surface area contributed by atoms with E-state index in [1.54, 1.807) is 6.34 Å². The Hall–Kier alpha value is -0.530. The smallest absolute Gasteiger partial charge is 0.0889 e. The molecular formula is C5H8N2. The molecule has 0 spiro atoms. The van der Waals surface area contributed by atoms with Gasteiger partial charge in [0.25, 0.3) is 0 Å². The topological polar surface area (TPSA) is 24.4 Å². The zero-order valence-corrected chi connectivity index (χ0v) is 4.15. The highest BCUT2D eigenvalue weighted by atomic mass is 14.9. The number of hydrogen-bond acceptors (Lipinski definition) is 2. The first kappa shape index (κ1) is 4.62. The Morgan fingerprint density at radius 1 is 1.71 bits per heavy atom. The van der Waals surface area contributed by atoms with Crippen LogP contribution in [0.5, 0.6) is 0 Å². The SMILES string of the molecule is [C]1CCCN=CN1. The van der Waals surface area contributed by atoms with Crippen LogP contribution >= 0.6 is 0 Å². The quantitative estimate of drug-likeness (QED) is 0.465. The molecule has 0 atom stereocenters. The van der Waals surface area contributed by atoms with E-state index in [9.17, 15) is 0 Å². The highest BCUT2D eigenvalue weighted by Crippen LogP contribution is 1.92. The Morgan fingerprint density at radius 2 is 2.71 bits per heavy atom. The van der Waals surface area contributed by atoms with E-state index in [-0.39, 0.29) is 0 Å². The first-order chi connectivity index (χ1) is 3.50. The fraction of sp³-hybridized carbons (Fsp3) is 0.600. The summed E-state index contributed by atoms with van der Waals surface area (Å²) in [5, 5.41) is 2.81. The molecule has 0 aromatic carbocycles. The fourth-order valence-corrected chi connectivity index (χ4v) is 0.487. The zero-order valence-electron chi connectivity index (χ0n) is 4.15. The summed E-state index contributed by atoms with van der Waals surface area (Å²) in [5.41, 5.74) is 0. The maximum absolute atomic E-state index is 3.97. The average molecular weight is 96.1 g/mol. The lowest BCUT2D eigenvalue weighted by molar-refractivity contribution is 0.821. The molecule has 7 heavy (non-hydrogen) atoms. The molecule has 0 saturated heterocycles. The maximum Gasteiger partial charge on any atom is 0.0889 e. The van der Waals surface area contributed by atoms with Crippen molar-refractivity contribution in [1.29, 1.82) is 0 Å². The van der Waals surface area contributed by atoms with E-state index < -0.39 is 0 Å². The molecule has 0 bridgehead atoms. The van der Waals surface area contributed by atoms with Crippen molar-refractivity contribution in [2.24, 2.45) is 4.99 Å². The summed E-state index contributed by atoms with van der Waals surface area (Å²) in [6.45, 7) is 3.89. The van der Waals surface area contributed by atoms with Crippen LogP contribution in [0.3, 0.4) is 0 Å². The van der Waals surface area contributed by atoms with Gasteiger partial charge in [0.2, 0.25) is 0 Å². The van der Waals surface area contributed by atoms with Crippen molar-refractivity contribution in [3.63, 3.8) is 0 Å². The predicted molar refractivity (Wildman–Crippen MR) is 29.0 cm³/mol. The molecule has 1 aliphatic rings. The van der Waals surface area contributed by atoms with Gasteiger partial charge in [0, 0.05) is 6.54 Å². The van der Waals surface area contributed by atoms with Crippen molar-refractivity contribution in [1.82, 2.24) is 5.32 Å². The standard InChI is InChI=1S/C5H8N2/c1-2-4-7-5-6-3-1/h5H,1-3H2,(H,6,7). The molecule has 1 N–H and O–H groups in total. The third-order valence-electron chi connectivity index (χ3n) is 0.847. The van der Waals surface area contributed by atoms with Crippen LogP contribution in [0.15, 0.2) is 4.99 Å². The van der Waals surface area contributed by atoms with Gasteiger partial charge >= 0.3 is 0 Å². The molecular weight excluding hydrogens is 88.1 g/mol. The Bertz CT molecular complexity index is 60.5. The number of nitrogens with zero attached hydrogens (tertiary/aromatic N) is 1. The van der Waals surface area contributed by atoms with E-state index in [0.29, 0.717) is 0 Å². The van der Waals surface area contributed by atoms with Gasteiger partial charge in [0.05, 0.1) is 12.9 Å². The Labute approximate surface area is 43.6 Å².